The maximum atomic E-state index is 13.9. The standard InChI is InChI=1S/C17H13F5N4O2/c1-7-10-4-8(18)5-11(19)14(10)28-13(7)15(17(20,21)22)26-16(27)25-12-6-9(23)2-3-24-12/h2-6,15H,1H3,(H4,23,24,25,26,27)/t15-/m1/s1. The molecule has 1 atom stereocenters. The van der Waals surface area contributed by atoms with E-state index in [0.717, 1.165) is 6.07 Å². The molecule has 0 radical (unpaired) electrons. The predicted octanol–water partition coefficient (Wildman–Crippen LogP) is 4.42. The highest BCUT2D eigenvalue weighted by Crippen LogP contribution is 2.39. The van der Waals surface area contributed by atoms with Crippen molar-refractivity contribution in [2.45, 2.75) is 19.1 Å². The fourth-order valence-corrected chi connectivity index (χ4v) is 2.63. The SMILES string of the molecule is Cc1c([C@@H](NC(=O)Nc2cc(N)ccn2)C(F)(F)F)oc2c(F)cc(F)cc12. The number of carbonyl (C=O) groups excluding carboxylic acids is 1. The first-order chi connectivity index (χ1) is 13.1. The molecule has 2 aromatic heterocycles. The van der Waals surface area contributed by atoms with Crippen LogP contribution in [0.4, 0.5) is 38.3 Å². The number of nitrogens with two attached hydrogens (primary N) is 1. The average molecular weight is 400 g/mol. The van der Waals surface area contributed by atoms with Crippen LogP contribution in [0.15, 0.2) is 34.9 Å². The number of carbonyl (C=O) groups is 1. The number of alkyl halides is 3. The molecular formula is C17H13F5N4O2. The summed E-state index contributed by atoms with van der Waals surface area (Å²) < 4.78 is 72.9. The van der Waals surface area contributed by atoms with Crippen LogP contribution >= 0.6 is 0 Å². The van der Waals surface area contributed by atoms with Crippen LogP contribution < -0.4 is 16.4 Å². The first-order valence-corrected chi connectivity index (χ1v) is 7.80. The Morgan fingerprint density at radius 1 is 1.25 bits per heavy atom. The largest absolute Gasteiger partial charge is 0.455 e. The number of anilines is 2. The highest BCUT2D eigenvalue weighted by molar-refractivity contribution is 5.89. The van der Waals surface area contributed by atoms with Crippen LogP contribution in [0, 0.1) is 18.6 Å². The molecular weight excluding hydrogens is 387 g/mol. The number of hydrogen-bond acceptors (Lipinski definition) is 4. The molecule has 6 nitrogen and oxygen atoms in total. The molecule has 0 bridgehead atoms. The lowest BCUT2D eigenvalue weighted by Gasteiger charge is -2.20. The van der Waals surface area contributed by atoms with Crippen molar-refractivity contribution in [3.63, 3.8) is 0 Å². The van der Waals surface area contributed by atoms with Crippen LogP contribution in [0.25, 0.3) is 11.0 Å². The van der Waals surface area contributed by atoms with Crippen LogP contribution in [0.5, 0.6) is 0 Å². The van der Waals surface area contributed by atoms with Gasteiger partial charge in [-0.05, 0) is 19.1 Å². The van der Waals surface area contributed by atoms with Gasteiger partial charge in [0.15, 0.2) is 17.4 Å². The Kier molecular flexibility index (Phi) is 4.84. The molecule has 0 aliphatic heterocycles. The summed E-state index contributed by atoms with van der Waals surface area (Å²) in [5, 5.41) is 3.66. The van der Waals surface area contributed by atoms with Crippen molar-refractivity contribution in [3.8, 4) is 0 Å². The maximum Gasteiger partial charge on any atom is 0.416 e. The van der Waals surface area contributed by atoms with Gasteiger partial charge < -0.3 is 15.5 Å². The van der Waals surface area contributed by atoms with E-state index in [2.05, 4.69) is 10.3 Å². The van der Waals surface area contributed by atoms with E-state index in [9.17, 15) is 26.7 Å². The molecule has 3 aromatic rings. The maximum absolute atomic E-state index is 13.9. The van der Waals surface area contributed by atoms with Crippen LogP contribution in [0.1, 0.15) is 17.4 Å². The smallest absolute Gasteiger partial charge is 0.416 e. The third kappa shape index (κ3) is 3.82. The number of aryl methyl sites for hydroxylation is 1. The van der Waals surface area contributed by atoms with Crippen LogP contribution in [0.3, 0.4) is 0 Å². The molecule has 11 heteroatoms. The number of pyridine rings is 1. The Morgan fingerprint density at radius 3 is 2.61 bits per heavy atom. The second-order valence-corrected chi connectivity index (χ2v) is 5.90. The van der Waals surface area contributed by atoms with Crippen LogP contribution in [-0.2, 0) is 0 Å². The van der Waals surface area contributed by atoms with E-state index in [-0.39, 0.29) is 22.5 Å². The number of fused-ring (bicyclic) bond motifs is 1. The Balaban J connectivity index is 1.95. The number of nitrogen functional groups attached to an aromatic ring is 1. The Bertz CT molecular complexity index is 1050. The molecule has 28 heavy (non-hydrogen) atoms. The number of benzene rings is 1. The normalized spacial score (nSPS) is 12.8. The van der Waals surface area contributed by atoms with Crippen molar-refractivity contribution >= 4 is 28.5 Å². The van der Waals surface area contributed by atoms with Crippen LogP contribution in [0.2, 0.25) is 0 Å². The summed E-state index contributed by atoms with van der Waals surface area (Å²) in [6, 6.07) is 0.156. The number of aromatic nitrogens is 1. The van der Waals surface area contributed by atoms with Gasteiger partial charge in [-0.3, -0.25) is 5.32 Å². The minimum atomic E-state index is -4.98. The van der Waals surface area contributed by atoms with E-state index in [1.807, 2.05) is 0 Å². The molecule has 0 aliphatic carbocycles. The highest BCUT2D eigenvalue weighted by Gasteiger charge is 2.45. The van der Waals surface area contributed by atoms with Gasteiger partial charge >= 0.3 is 12.2 Å². The molecule has 3 rings (SSSR count). The van der Waals surface area contributed by atoms with Crippen molar-refractivity contribution in [2.75, 3.05) is 11.1 Å². The molecule has 4 N–H and O–H groups in total. The van der Waals surface area contributed by atoms with Crippen molar-refractivity contribution in [3.05, 3.63) is 53.4 Å². The highest BCUT2D eigenvalue weighted by atomic mass is 19.4. The second-order valence-electron chi connectivity index (χ2n) is 5.90. The minimum absolute atomic E-state index is 0.0760. The zero-order chi connectivity index (χ0) is 20.6. The number of furan rings is 1. The average Bonchev–Trinajstić information content (AvgIpc) is 2.89. The first kappa shape index (κ1) is 19.4. The van der Waals surface area contributed by atoms with Crippen molar-refractivity contribution < 1.29 is 31.2 Å². The summed E-state index contributed by atoms with van der Waals surface area (Å²) in [5.41, 5.74) is 5.06. The summed E-state index contributed by atoms with van der Waals surface area (Å²) in [6.07, 6.45) is -3.72. The third-order valence-electron chi connectivity index (χ3n) is 3.88. The summed E-state index contributed by atoms with van der Waals surface area (Å²) in [5.74, 6) is -2.96. The lowest BCUT2D eigenvalue weighted by molar-refractivity contribution is -0.158. The molecule has 0 saturated heterocycles. The van der Waals surface area contributed by atoms with E-state index in [0.29, 0.717) is 6.07 Å². The van der Waals surface area contributed by atoms with Crippen molar-refractivity contribution in [1.82, 2.24) is 10.3 Å². The Hall–Kier alpha value is -3.37. The second kappa shape index (κ2) is 6.98. The van der Waals surface area contributed by atoms with Gasteiger partial charge in [-0.2, -0.15) is 13.2 Å². The summed E-state index contributed by atoms with van der Waals surface area (Å²) >= 11 is 0. The Labute approximate surface area is 154 Å². The molecule has 0 saturated carbocycles. The van der Waals surface area contributed by atoms with Crippen molar-refractivity contribution in [1.29, 1.82) is 0 Å². The van der Waals surface area contributed by atoms with Crippen molar-refractivity contribution in [2.24, 2.45) is 0 Å². The number of nitrogens with one attached hydrogen (secondary N) is 2. The molecule has 148 valence electrons. The van der Waals surface area contributed by atoms with Gasteiger partial charge in [0.1, 0.15) is 17.4 Å². The lowest BCUT2D eigenvalue weighted by atomic mass is 10.1. The number of amides is 2. The third-order valence-corrected chi connectivity index (χ3v) is 3.88. The fourth-order valence-electron chi connectivity index (χ4n) is 2.63. The summed E-state index contributed by atoms with van der Waals surface area (Å²) in [6.45, 7) is 1.21. The van der Waals surface area contributed by atoms with E-state index in [1.54, 1.807) is 5.32 Å². The van der Waals surface area contributed by atoms with Gasteiger partial charge in [0, 0.05) is 35.0 Å². The minimum Gasteiger partial charge on any atom is -0.455 e. The first-order valence-electron chi connectivity index (χ1n) is 7.80. The lowest BCUT2D eigenvalue weighted by Crippen LogP contribution is -2.40. The number of nitrogens with zero attached hydrogens (tertiary/aromatic N) is 1. The van der Waals surface area contributed by atoms with Gasteiger partial charge in [0.25, 0.3) is 0 Å². The molecule has 0 fully saturated rings. The molecule has 1 aromatic carbocycles. The van der Waals surface area contributed by atoms with Gasteiger partial charge in [-0.25, -0.2) is 18.6 Å². The number of urea groups is 1. The van der Waals surface area contributed by atoms with E-state index in [1.165, 1.54) is 25.3 Å². The van der Waals surface area contributed by atoms with Gasteiger partial charge in [0.2, 0.25) is 0 Å². The fraction of sp³-hybridized carbons (Fsp3) is 0.176. The van der Waals surface area contributed by atoms with Crippen LogP contribution in [-0.4, -0.2) is 17.2 Å². The van der Waals surface area contributed by atoms with Gasteiger partial charge in [-0.1, -0.05) is 0 Å². The number of halogens is 5. The number of hydrogen-bond donors (Lipinski definition) is 3. The monoisotopic (exact) mass is 400 g/mol. The van der Waals surface area contributed by atoms with Gasteiger partial charge in [-0.15, -0.1) is 0 Å². The zero-order valence-electron chi connectivity index (χ0n) is 14.2. The number of rotatable bonds is 3. The van der Waals surface area contributed by atoms with E-state index in [4.69, 9.17) is 10.2 Å². The quantitative estimate of drug-likeness (QED) is 0.568. The molecule has 0 aliphatic rings. The summed E-state index contributed by atoms with van der Waals surface area (Å²) in [4.78, 5) is 15.8. The van der Waals surface area contributed by atoms with E-state index < -0.39 is 41.2 Å². The van der Waals surface area contributed by atoms with Gasteiger partial charge in [0.05, 0.1) is 0 Å². The van der Waals surface area contributed by atoms with E-state index >= 15 is 0 Å². The Morgan fingerprint density at radius 2 is 1.96 bits per heavy atom. The molecule has 2 heterocycles. The zero-order valence-corrected chi connectivity index (χ0v) is 14.2. The topological polar surface area (TPSA) is 93.2 Å². The molecule has 0 spiro atoms. The predicted molar refractivity (Wildman–Crippen MR) is 90.5 cm³/mol. The molecule has 2 amide bonds. The summed E-state index contributed by atoms with van der Waals surface area (Å²) in [7, 11) is 0. The molecule has 0 unspecified atom stereocenters.